The van der Waals surface area contributed by atoms with Crippen LogP contribution in [0.3, 0.4) is 0 Å². The zero-order chi connectivity index (χ0) is 37.2. The molecular formula is C44H44N2O6. The number of para-hydroxylation sites is 1. The molecule has 8 nitrogen and oxygen atoms in total. The lowest BCUT2D eigenvalue weighted by atomic mass is 9.83. The summed E-state index contributed by atoms with van der Waals surface area (Å²) in [6.45, 7) is 16.3. The molecule has 6 aromatic rings. The van der Waals surface area contributed by atoms with Gasteiger partial charge in [0.2, 0.25) is 0 Å². The van der Waals surface area contributed by atoms with Crippen LogP contribution in [0.15, 0.2) is 72.8 Å². The van der Waals surface area contributed by atoms with Gasteiger partial charge in [0.1, 0.15) is 0 Å². The van der Waals surface area contributed by atoms with E-state index in [0.29, 0.717) is 33.3 Å². The minimum Gasteiger partial charge on any atom is -0.448 e. The Morgan fingerprint density at radius 2 is 1.00 bits per heavy atom. The monoisotopic (exact) mass is 696 g/mol. The van der Waals surface area contributed by atoms with E-state index in [1.807, 2.05) is 94.4 Å². The summed E-state index contributed by atoms with van der Waals surface area (Å²) in [5.41, 5.74) is 3.88. The average molecular weight is 697 g/mol. The Morgan fingerprint density at radius 1 is 0.558 bits per heavy atom. The smallest absolute Gasteiger partial charge is 0.424 e. The van der Waals surface area contributed by atoms with Crippen molar-refractivity contribution in [3.8, 4) is 0 Å². The van der Waals surface area contributed by atoms with E-state index in [1.165, 1.54) is 4.90 Å². The molecule has 0 aliphatic carbocycles. The standard InChI is InChI=1S/C44H44N2O6/c1-23(2)21-51-43(49)45(44(50)52-22-24(3)4)36-20-19-30-32-16-18-35-39-34(17-15-31(38(32)39)29-13-10-14-33(36)37(29)30)41(47)46(42(35)48)40-27(25(5)6)11-9-12-28(40)26(7)8/h9-20,23-26H,21-22H2,1-8H3. The Morgan fingerprint density at radius 3 is 1.50 bits per heavy atom. The highest BCUT2D eigenvalue weighted by Crippen LogP contribution is 2.47. The second-order valence-electron chi connectivity index (χ2n) is 15.2. The minimum absolute atomic E-state index is 0.0699. The maximum absolute atomic E-state index is 14.6. The van der Waals surface area contributed by atoms with Gasteiger partial charge in [0, 0.05) is 21.9 Å². The second-order valence-corrected chi connectivity index (χ2v) is 15.2. The summed E-state index contributed by atoms with van der Waals surface area (Å²) in [5, 5.41) is 6.44. The molecule has 4 amide bonds. The fourth-order valence-electron chi connectivity index (χ4n) is 7.52. The number of hydrogen-bond donors (Lipinski definition) is 0. The van der Waals surface area contributed by atoms with Crippen LogP contribution in [0.4, 0.5) is 21.0 Å². The number of amides is 4. The number of anilines is 2. The second kappa shape index (κ2) is 13.2. The topological polar surface area (TPSA) is 93.2 Å². The van der Waals surface area contributed by atoms with E-state index in [0.717, 1.165) is 48.3 Å². The maximum atomic E-state index is 14.6. The molecule has 1 aliphatic heterocycles. The number of nitrogens with zero attached hydrogens (tertiary/aromatic N) is 2. The van der Waals surface area contributed by atoms with Gasteiger partial charge in [0.25, 0.3) is 11.8 Å². The van der Waals surface area contributed by atoms with Crippen LogP contribution in [0.1, 0.15) is 99.1 Å². The van der Waals surface area contributed by atoms with Crippen molar-refractivity contribution in [2.75, 3.05) is 23.0 Å². The van der Waals surface area contributed by atoms with Crippen LogP contribution in [0, 0.1) is 11.8 Å². The van der Waals surface area contributed by atoms with Gasteiger partial charge in [-0.25, -0.2) is 14.5 Å². The van der Waals surface area contributed by atoms with Crippen molar-refractivity contribution in [2.24, 2.45) is 11.8 Å². The summed E-state index contributed by atoms with van der Waals surface area (Å²) < 4.78 is 11.1. The fourth-order valence-corrected chi connectivity index (χ4v) is 7.52. The molecule has 6 aromatic carbocycles. The van der Waals surface area contributed by atoms with Crippen molar-refractivity contribution in [3.05, 3.63) is 95.1 Å². The SMILES string of the molecule is CC(C)COC(=O)N(C(=O)OCC(C)C)c1ccc2c3ccc4c5c(ccc(c6cccc1c62)c53)C(=O)N(c1c(C(C)C)cccc1C(C)C)C4=O. The number of benzene rings is 6. The molecule has 1 aliphatic rings. The molecule has 0 bridgehead atoms. The van der Waals surface area contributed by atoms with Crippen molar-refractivity contribution >= 4 is 78.5 Å². The highest BCUT2D eigenvalue weighted by Gasteiger charge is 2.38. The van der Waals surface area contributed by atoms with Crippen LogP contribution in [-0.2, 0) is 9.47 Å². The predicted octanol–water partition coefficient (Wildman–Crippen LogP) is 11.2. The molecule has 7 rings (SSSR count). The number of imide groups is 2. The molecule has 0 spiro atoms. The number of carbonyl (C=O) groups is 4. The molecule has 0 saturated heterocycles. The first-order valence-electron chi connectivity index (χ1n) is 18.1. The largest absolute Gasteiger partial charge is 0.448 e. The first-order chi connectivity index (χ1) is 24.8. The van der Waals surface area contributed by atoms with Gasteiger partial charge in [-0.05, 0) is 85.3 Å². The Labute approximate surface area is 303 Å². The van der Waals surface area contributed by atoms with E-state index >= 15 is 0 Å². The number of carbonyl (C=O) groups excluding carboxylic acids is 4. The molecule has 266 valence electrons. The van der Waals surface area contributed by atoms with Gasteiger partial charge in [0.05, 0.1) is 24.6 Å². The normalized spacial score (nSPS) is 13.3. The Bertz CT molecular complexity index is 2300. The molecule has 0 unspecified atom stereocenters. The summed E-state index contributed by atoms with van der Waals surface area (Å²) in [5.74, 6) is -0.353. The van der Waals surface area contributed by atoms with Crippen LogP contribution < -0.4 is 9.80 Å². The first kappa shape index (κ1) is 34.9. The van der Waals surface area contributed by atoms with E-state index < -0.39 is 12.2 Å². The zero-order valence-electron chi connectivity index (χ0n) is 31.0. The summed E-state index contributed by atoms with van der Waals surface area (Å²) in [6, 6.07) is 22.9. The van der Waals surface area contributed by atoms with Gasteiger partial charge in [0.15, 0.2) is 0 Å². The third kappa shape index (κ3) is 5.52. The van der Waals surface area contributed by atoms with Gasteiger partial charge in [-0.3, -0.25) is 9.59 Å². The molecule has 52 heavy (non-hydrogen) atoms. The number of rotatable bonds is 8. The van der Waals surface area contributed by atoms with Crippen LogP contribution in [0.5, 0.6) is 0 Å². The third-order valence-corrected chi connectivity index (χ3v) is 9.88. The van der Waals surface area contributed by atoms with Crippen LogP contribution in [0.2, 0.25) is 0 Å². The van der Waals surface area contributed by atoms with Crippen LogP contribution in [-0.4, -0.2) is 37.2 Å². The number of fused-ring (bicyclic) bond motifs is 2. The van der Waals surface area contributed by atoms with Gasteiger partial charge in [-0.15, -0.1) is 0 Å². The molecule has 0 N–H and O–H groups in total. The van der Waals surface area contributed by atoms with E-state index in [2.05, 4.69) is 27.7 Å². The summed E-state index contributed by atoms with van der Waals surface area (Å²) in [4.78, 5) is 58.6. The van der Waals surface area contributed by atoms with Crippen molar-refractivity contribution in [2.45, 2.75) is 67.2 Å². The Hall–Kier alpha value is -5.50. The Kier molecular flexibility index (Phi) is 8.89. The molecular weight excluding hydrogens is 652 g/mol. The highest BCUT2D eigenvalue weighted by molar-refractivity contribution is 6.43. The van der Waals surface area contributed by atoms with Gasteiger partial charge in [-0.2, -0.15) is 4.90 Å². The lowest BCUT2D eigenvalue weighted by Gasteiger charge is -2.32. The molecule has 0 radical (unpaired) electrons. The van der Waals surface area contributed by atoms with Crippen LogP contribution in [0.25, 0.3) is 43.1 Å². The van der Waals surface area contributed by atoms with Crippen LogP contribution >= 0.6 is 0 Å². The van der Waals surface area contributed by atoms with E-state index in [9.17, 15) is 19.2 Å². The minimum atomic E-state index is -0.806. The maximum Gasteiger partial charge on any atom is 0.424 e. The van der Waals surface area contributed by atoms with E-state index in [1.54, 1.807) is 6.07 Å². The van der Waals surface area contributed by atoms with E-state index in [-0.39, 0.29) is 48.7 Å². The zero-order valence-corrected chi connectivity index (χ0v) is 31.0. The number of hydrogen-bond acceptors (Lipinski definition) is 6. The first-order valence-corrected chi connectivity index (χ1v) is 18.1. The predicted molar refractivity (Wildman–Crippen MR) is 208 cm³/mol. The van der Waals surface area contributed by atoms with Crippen molar-refractivity contribution in [3.63, 3.8) is 0 Å². The lowest BCUT2D eigenvalue weighted by Crippen LogP contribution is -2.41. The van der Waals surface area contributed by atoms with Gasteiger partial charge >= 0.3 is 12.2 Å². The number of ether oxygens (including phenoxy) is 2. The Balaban J connectivity index is 1.45. The highest BCUT2D eigenvalue weighted by atomic mass is 16.6. The molecule has 1 heterocycles. The molecule has 0 saturated carbocycles. The van der Waals surface area contributed by atoms with Gasteiger partial charge in [-0.1, -0.05) is 110 Å². The lowest BCUT2D eigenvalue weighted by molar-refractivity contribution is 0.0892. The van der Waals surface area contributed by atoms with Crippen molar-refractivity contribution in [1.82, 2.24) is 0 Å². The molecule has 0 fully saturated rings. The fraction of sp³-hybridized carbons (Fsp3) is 0.318. The van der Waals surface area contributed by atoms with Crippen molar-refractivity contribution in [1.29, 1.82) is 0 Å². The summed E-state index contributed by atoms with van der Waals surface area (Å²) in [6.07, 6.45) is -1.61. The average Bonchev–Trinajstić information content (AvgIpc) is 3.11. The molecule has 0 atom stereocenters. The van der Waals surface area contributed by atoms with E-state index in [4.69, 9.17) is 9.47 Å². The molecule has 0 aromatic heterocycles. The quantitative estimate of drug-likeness (QED) is 0.0893. The van der Waals surface area contributed by atoms with Gasteiger partial charge < -0.3 is 9.47 Å². The summed E-state index contributed by atoms with van der Waals surface area (Å²) >= 11 is 0. The van der Waals surface area contributed by atoms with Crippen molar-refractivity contribution < 1.29 is 28.7 Å². The molecule has 8 heteroatoms. The summed E-state index contributed by atoms with van der Waals surface area (Å²) in [7, 11) is 0. The third-order valence-electron chi connectivity index (χ3n) is 9.88.